The van der Waals surface area contributed by atoms with Gasteiger partial charge in [-0.25, -0.2) is 4.39 Å². The summed E-state index contributed by atoms with van der Waals surface area (Å²) in [5.74, 6) is -0.0764. The third-order valence-corrected chi connectivity index (χ3v) is 3.24. The third kappa shape index (κ3) is 1.84. The molecule has 0 amide bonds. The van der Waals surface area contributed by atoms with Crippen molar-refractivity contribution in [3.8, 4) is 0 Å². The molecule has 1 nitrogen and oxygen atoms in total. The molecular formula is C11H13BrFN. The molecule has 2 rings (SSSR count). The van der Waals surface area contributed by atoms with E-state index in [1.54, 1.807) is 6.07 Å². The Bertz CT molecular complexity index is 351. The molecule has 0 unspecified atom stereocenters. The third-order valence-electron chi connectivity index (χ3n) is 2.78. The molecule has 0 saturated carbocycles. The topological polar surface area (TPSA) is 3.24 Å². The van der Waals surface area contributed by atoms with Crippen molar-refractivity contribution in [2.45, 2.75) is 19.9 Å². The van der Waals surface area contributed by atoms with Gasteiger partial charge in [0.15, 0.2) is 0 Å². The van der Waals surface area contributed by atoms with E-state index in [4.69, 9.17) is 0 Å². The van der Waals surface area contributed by atoms with Crippen LogP contribution < -0.4 is 0 Å². The lowest BCUT2D eigenvalue weighted by Crippen LogP contribution is -2.30. The Balaban J connectivity index is 2.37. The molecule has 3 heteroatoms. The zero-order valence-corrected chi connectivity index (χ0v) is 9.77. The Morgan fingerprint density at radius 2 is 2.29 bits per heavy atom. The predicted octanol–water partition coefficient (Wildman–Crippen LogP) is 2.97. The van der Waals surface area contributed by atoms with Crippen molar-refractivity contribution < 1.29 is 4.39 Å². The first-order valence-electron chi connectivity index (χ1n) is 4.90. The molecular weight excluding hydrogens is 245 g/mol. The van der Waals surface area contributed by atoms with Crippen molar-refractivity contribution in [3.63, 3.8) is 0 Å². The lowest BCUT2D eigenvalue weighted by atomic mass is 9.99. The van der Waals surface area contributed by atoms with Gasteiger partial charge in [0.05, 0.1) is 0 Å². The Morgan fingerprint density at radius 1 is 1.50 bits per heavy atom. The number of benzene rings is 1. The van der Waals surface area contributed by atoms with Crippen LogP contribution in [0.1, 0.15) is 18.1 Å². The molecule has 0 saturated heterocycles. The number of rotatable bonds is 1. The molecule has 1 aromatic rings. The van der Waals surface area contributed by atoms with Gasteiger partial charge in [0.1, 0.15) is 5.82 Å². The first-order chi connectivity index (χ1) is 6.70. The van der Waals surface area contributed by atoms with E-state index in [1.165, 1.54) is 0 Å². The highest BCUT2D eigenvalue weighted by atomic mass is 79.9. The smallest absolute Gasteiger partial charge is 0.129 e. The fourth-order valence-corrected chi connectivity index (χ4v) is 2.39. The monoisotopic (exact) mass is 257 g/mol. The van der Waals surface area contributed by atoms with Crippen LogP contribution in [0, 0.1) is 5.82 Å². The molecule has 0 fully saturated rings. The van der Waals surface area contributed by atoms with Crippen LogP contribution >= 0.6 is 15.9 Å². The van der Waals surface area contributed by atoms with Crippen LogP contribution in [0.15, 0.2) is 16.6 Å². The van der Waals surface area contributed by atoms with Gasteiger partial charge in [-0.2, -0.15) is 0 Å². The van der Waals surface area contributed by atoms with Crippen molar-refractivity contribution in [1.82, 2.24) is 4.90 Å². The summed E-state index contributed by atoms with van der Waals surface area (Å²) in [4.78, 5) is 2.26. The highest BCUT2D eigenvalue weighted by Gasteiger charge is 2.18. The Kier molecular flexibility index (Phi) is 2.88. The SMILES string of the molecule is CCN1CCc2cc(Br)cc(F)c2C1. The highest BCUT2D eigenvalue weighted by molar-refractivity contribution is 9.10. The standard InChI is InChI=1S/C11H13BrFN/c1-2-14-4-3-8-5-9(12)6-11(13)10(8)7-14/h5-6H,2-4,7H2,1H3. The quantitative estimate of drug-likeness (QED) is 0.748. The highest BCUT2D eigenvalue weighted by Crippen LogP contribution is 2.25. The van der Waals surface area contributed by atoms with Crippen LogP contribution in [0.2, 0.25) is 0 Å². The Hall–Kier alpha value is -0.410. The van der Waals surface area contributed by atoms with Gasteiger partial charge in [0.2, 0.25) is 0 Å². The van der Waals surface area contributed by atoms with E-state index in [0.717, 1.165) is 41.7 Å². The molecule has 1 heterocycles. The minimum atomic E-state index is -0.0764. The number of fused-ring (bicyclic) bond motifs is 1. The van der Waals surface area contributed by atoms with Crippen LogP contribution in [0.5, 0.6) is 0 Å². The Labute approximate surface area is 92.0 Å². The summed E-state index contributed by atoms with van der Waals surface area (Å²) in [6, 6.07) is 3.59. The van der Waals surface area contributed by atoms with Crippen molar-refractivity contribution in [1.29, 1.82) is 0 Å². The average Bonchev–Trinajstić information content (AvgIpc) is 2.17. The number of halogens is 2. The summed E-state index contributed by atoms with van der Waals surface area (Å²) in [7, 11) is 0. The first kappa shape index (κ1) is 10.1. The molecule has 76 valence electrons. The average molecular weight is 258 g/mol. The molecule has 1 aliphatic heterocycles. The summed E-state index contributed by atoms with van der Waals surface area (Å²) in [6.45, 7) is 4.90. The molecule has 0 N–H and O–H groups in total. The molecule has 0 spiro atoms. The lowest BCUT2D eigenvalue weighted by molar-refractivity contribution is 0.263. The second kappa shape index (κ2) is 3.99. The number of hydrogen-bond acceptors (Lipinski definition) is 1. The van der Waals surface area contributed by atoms with Crippen LogP contribution in [-0.4, -0.2) is 18.0 Å². The summed E-state index contributed by atoms with van der Waals surface area (Å²) in [5.41, 5.74) is 2.03. The summed E-state index contributed by atoms with van der Waals surface area (Å²) in [5, 5.41) is 0. The van der Waals surface area contributed by atoms with Gasteiger partial charge in [0.25, 0.3) is 0 Å². The number of hydrogen-bond donors (Lipinski definition) is 0. The largest absolute Gasteiger partial charge is 0.299 e. The van der Waals surface area contributed by atoms with Crippen molar-refractivity contribution >= 4 is 15.9 Å². The zero-order chi connectivity index (χ0) is 10.1. The maximum Gasteiger partial charge on any atom is 0.129 e. The molecule has 0 radical (unpaired) electrons. The second-order valence-corrected chi connectivity index (χ2v) is 4.56. The number of likely N-dealkylation sites (N-methyl/N-ethyl adjacent to an activating group) is 1. The fourth-order valence-electron chi connectivity index (χ4n) is 1.91. The summed E-state index contributed by atoms with van der Waals surface area (Å²) >= 11 is 3.32. The van der Waals surface area contributed by atoms with E-state index in [1.807, 2.05) is 6.07 Å². The van der Waals surface area contributed by atoms with Gasteiger partial charge >= 0.3 is 0 Å². The normalized spacial score (nSPS) is 16.8. The summed E-state index contributed by atoms with van der Waals surface area (Å²) in [6.07, 6.45) is 0.958. The van der Waals surface area contributed by atoms with Gasteiger partial charge in [-0.05, 0) is 30.7 Å². The minimum absolute atomic E-state index is 0.0764. The van der Waals surface area contributed by atoms with E-state index < -0.39 is 0 Å². The van der Waals surface area contributed by atoms with Gasteiger partial charge in [-0.15, -0.1) is 0 Å². The Morgan fingerprint density at radius 3 is 3.00 bits per heavy atom. The minimum Gasteiger partial charge on any atom is -0.299 e. The van der Waals surface area contributed by atoms with E-state index in [2.05, 4.69) is 27.8 Å². The first-order valence-corrected chi connectivity index (χ1v) is 5.69. The predicted molar refractivity (Wildman–Crippen MR) is 58.8 cm³/mol. The maximum atomic E-state index is 13.6. The zero-order valence-electron chi connectivity index (χ0n) is 8.19. The molecule has 1 aliphatic rings. The molecule has 14 heavy (non-hydrogen) atoms. The molecule has 0 atom stereocenters. The maximum absolute atomic E-state index is 13.6. The van der Waals surface area contributed by atoms with Gasteiger partial charge < -0.3 is 0 Å². The number of nitrogens with zero attached hydrogens (tertiary/aromatic N) is 1. The van der Waals surface area contributed by atoms with Gasteiger partial charge in [0, 0.05) is 23.1 Å². The van der Waals surface area contributed by atoms with Crippen molar-refractivity contribution in [2.24, 2.45) is 0 Å². The van der Waals surface area contributed by atoms with E-state index >= 15 is 0 Å². The lowest BCUT2D eigenvalue weighted by Gasteiger charge is -2.27. The van der Waals surface area contributed by atoms with E-state index in [0.29, 0.717) is 0 Å². The van der Waals surface area contributed by atoms with Gasteiger partial charge in [-0.3, -0.25) is 4.90 Å². The fraction of sp³-hybridized carbons (Fsp3) is 0.455. The van der Waals surface area contributed by atoms with Crippen molar-refractivity contribution in [3.05, 3.63) is 33.5 Å². The van der Waals surface area contributed by atoms with Crippen LogP contribution in [0.25, 0.3) is 0 Å². The van der Waals surface area contributed by atoms with Crippen LogP contribution in [0.3, 0.4) is 0 Å². The molecule has 0 aromatic heterocycles. The molecule has 0 aliphatic carbocycles. The molecule has 0 bridgehead atoms. The second-order valence-electron chi connectivity index (χ2n) is 3.64. The van der Waals surface area contributed by atoms with E-state index in [-0.39, 0.29) is 5.82 Å². The van der Waals surface area contributed by atoms with Crippen molar-refractivity contribution in [2.75, 3.05) is 13.1 Å². The molecule has 1 aromatic carbocycles. The van der Waals surface area contributed by atoms with Crippen LogP contribution in [0.4, 0.5) is 4.39 Å². The van der Waals surface area contributed by atoms with E-state index in [9.17, 15) is 4.39 Å². The van der Waals surface area contributed by atoms with Crippen LogP contribution in [-0.2, 0) is 13.0 Å². The van der Waals surface area contributed by atoms with Gasteiger partial charge in [-0.1, -0.05) is 22.9 Å². The summed E-state index contributed by atoms with van der Waals surface area (Å²) < 4.78 is 14.4.